The molecule has 0 aliphatic heterocycles. The molecule has 0 N–H and O–H groups in total. The third-order valence-electron chi connectivity index (χ3n) is 9.78. The number of hydrogen-bond acceptors (Lipinski definition) is 2. The van der Waals surface area contributed by atoms with E-state index < -0.39 is 0 Å². The van der Waals surface area contributed by atoms with E-state index in [1.807, 2.05) is 12.3 Å². The van der Waals surface area contributed by atoms with Gasteiger partial charge in [-0.25, -0.2) is 4.98 Å². The zero-order chi connectivity index (χ0) is 36.0. The number of rotatable bonds is 9. The molecule has 0 amide bonds. The second-order valence-electron chi connectivity index (χ2n) is 15.9. The minimum absolute atomic E-state index is 0.0115. The quantitative estimate of drug-likeness (QED) is 0.113. The Bertz CT molecular complexity index is 2340. The Hall–Kier alpha value is -5.16. The number of para-hydroxylation sites is 1. The van der Waals surface area contributed by atoms with Crippen molar-refractivity contribution in [1.29, 1.82) is 0 Å². The zero-order valence-corrected chi connectivity index (χ0v) is 31.6. The highest BCUT2D eigenvalue weighted by Crippen LogP contribution is 2.36. The minimum atomic E-state index is 0.0115. The molecule has 260 valence electrons. The van der Waals surface area contributed by atoms with Crippen molar-refractivity contribution in [3.05, 3.63) is 138 Å². The topological polar surface area (TPSA) is 35.9 Å². The summed E-state index contributed by atoms with van der Waals surface area (Å²) in [7, 11) is 0. The Morgan fingerprint density at radius 2 is 1.41 bits per heavy atom. The molecule has 3 aromatic heterocycles. The molecule has 0 aliphatic rings. The average molecular weight is 675 g/mol. The van der Waals surface area contributed by atoms with Crippen molar-refractivity contribution >= 4 is 21.8 Å². The van der Waals surface area contributed by atoms with Crippen LogP contribution in [0.1, 0.15) is 76.5 Å². The van der Waals surface area contributed by atoms with E-state index in [1.165, 1.54) is 38.8 Å². The number of hydrogen-bond donors (Lipinski definition) is 0. The van der Waals surface area contributed by atoms with Gasteiger partial charge >= 0.3 is 0 Å². The number of aromatic nitrogens is 4. The lowest BCUT2D eigenvalue weighted by Crippen LogP contribution is -2.32. The van der Waals surface area contributed by atoms with E-state index in [2.05, 4.69) is 173 Å². The van der Waals surface area contributed by atoms with Crippen LogP contribution >= 0.6 is 0 Å². The maximum atomic E-state index is 6.61. The number of imidazole rings is 1. The molecule has 51 heavy (non-hydrogen) atoms. The highest BCUT2D eigenvalue weighted by atomic mass is 16.5. The molecule has 3 heterocycles. The molecule has 5 heteroatoms. The summed E-state index contributed by atoms with van der Waals surface area (Å²) >= 11 is 0. The van der Waals surface area contributed by atoms with Crippen LogP contribution < -0.4 is 9.30 Å². The second kappa shape index (κ2) is 13.5. The molecule has 0 fully saturated rings. The van der Waals surface area contributed by atoms with Crippen LogP contribution in [0.4, 0.5) is 0 Å². The van der Waals surface area contributed by atoms with Crippen molar-refractivity contribution in [2.45, 2.75) is 80.6 Å². The molecular formula is C46H50N4O. The molecular weight excluding hydrogens is 625 g/mol. The largest absolute Gasteiger partial charge is 0.458 e. The molecule has 7 rings (SSSR count). The van der Waals surface area contributed by atoms with Crippen molar-refractivity contribution in [2.75, 3.05) is 0 Å². The van der Waals surface area contributed by atoms with Crippen LogP contribution in [0, 0.1) is 32.0 Å². The Labute approximate surface area is 303 Å². The molecule has 0 atom stereocenters. The molecule has 0 saturated heterocycles. The minimum Gasteiger partial charge on any atom is -0.458 e. The molecule has 7 aromatic rings. The summed E-state index contributed by atoms with van der Waals surface area (Å²) in [6, 6.07) is 34.6. The predicted octanol–water partition coefficient (Wildman–Crippen LogP) is 11.1. The molecule has 0 bridgehead atoms. The van der Waals surface area contributed by atoms with Gasteiger partial charge in [-0.3, -0.25) is 13.7 Å². The number of benzene rings is 4. The first-order chi connectivity index (χ1) is 24.4. The van der Waals surface area contributed by atoms with Crippen molar-refractivity contribution in [2.24, 2.45) is 11.8 Å². The fourth-order valence-electron chi connectivity index (χ4n) is 7.22. The van der Waals surface area contributed by atoms with Gasteiger partial charge in [0.1, 0.15) is 17.3 Å². The summed E-state index contributed by atoms with van der Waals surface area (Å²) in [6.07, 6.45) is 7.72. The first-order valence-corrected chi connectivity index (χ1v) is 18.3. The molecule has 0 unspecified atom stereocenters. The number of fused-ring (bicyclic) bond motifs is 3. The van der Waals surface area contributed by atoms with Crippen LogP contribution in [0.3, 0.4) is 0 Å². The standard InChI is InChI=1S/C46H50N4O/c1-30(2)21-34-23-35(22-31(3)4)25-38(24-34)49-29-48(32(5)33(49)6)37-13-12-14-39(27-37)51-40-17-18-42-41-15-10-11-16-43(41)50(44(42)28-40)45-26-36(19-20-47-45)46(7,8)9/h10-20,23-28,30-31H,21-22H2,1-9H3. The number of ether oxygens (including phenoxy) is 1. The van der Waals surface area contributed by atoms with Gasteiger partial charge in [0.05, 0.1) is 33.8 Å². The smallest absolute Gasteiger partial charge is 0.269 e. The second-order valence-corrected chi connectivity index (χ2v) is 15.9. The summed E-state index contributed by atoms with van der Waals surface area (Å²) in [5, 5.41) is 2.36. The highest BCUT2D eigenvalue weighted by Gasteiger charge is 2.19. The van der Waals surface area contributed by atoms with E-state index in [9.17, 15) is 0 Å². The van der Waals surface area contributed by atoms with Crippen molar-refractivity contribution in [1.82, 2.24) is 14.1 Å². The summed E-state index contributed by atoms with van der Waals surface area (Å²) in [5.74, 6) is 3.63. The molecule has 0 radical (unpaired) electrons. The fraction of sp³-hybridized carbons (Fsp3) is 0.304. The molecule has 0 spiro atoms. The third-order valence-corrected chi connectivity index (χ3v) is 9.78. The Morgan fingerprint density at radius 1 is 0.725 bits per heavy atom. The van der Waals surface area contributed by atoms with Crippen LogP contribution in [0.15, 0.2) is 103 Å². The van der Waals surface area contributed by atoms with E-state index in [4.69, 9.17) is 9.72 Å². The van der Waals surface area contributed by atoms with Gasteiger partial charge < -0.3 is 4.74 Å². The zero-order valence-electron chi connectivity index (χ0n) is 31.6. The third kappa shape index (κ3) is 6.95. The molecule has 0 saturated carbocycles. The van der Waals surface area contributed by atoms with Crippen LogP contribution in [0.5, 0.6) is 11.5 Å². The van der Waals surface area contributed by atoms with E-state index >= 15 is 0 Å². The summed E-state index contributed by atoms with van der Waals surface area (Å²) in [6.45, 7) is 20.2. The van der Waals surface area contributed by atoms with E-state index in [0.717, 1.165) is 52.6 Å². The number of nitrogens with zero attached hydrogens (tertiary/aromatic N) is 4. The van der Waals surface area contributed by atoms with Gasteiger partial charge in [0, 0.05) is 23.0 Å². The Kier molecular flexibility index (Phi) is 9.09. The van der Waals surface area contributed by atoms with Gasteiger partial charge in [0.25, 0.3) is 6.33 Å². The van der Waals surface area contributed by atoms with Gasteiger partial charge in [0.15, 0.2) is 0 Å². The normalized spacial score (nSPS) is 12.1. The van der Waals surface area contributed by atoms with E-state index in [0.29, 0.717) is 11.8 Å². The van der Waals surface area contributed by atoms with Gasteiger partial charge in [-0.1, -0.05) is 89.9 Å². The average Bonchev–Trinajstić information content (AvgIpc) is 3.57. The van der Waals surface area contributed by atoms with Gasteiger partial charge in [-0.15, -0.1) is 0 Å². The van der Waals surface area contributed by atoms with E-state index in [-0.39, 0.29) is 5.41 Å². The molecule has 0 aliphatic carbocycles. The van der Waals surface area contributed by atoms with Crippen LogP contribution in [0.2, 0.25) is 0 Å². The fourth-order valence-corrected chi connectivity index (χ4v) is 7.22. The predicted molar refractivity (Wildman–Crippen MR) is 210 cm³/mol. The van der Waals surface area contributed by atoms with Crippen LogP contribution in [-0.4, -0.2) is 14.1 Å². The maximum Gasteiger partial charge on any atom is 0.269 e. The van der Waals surface area contributed by atoms with Crippen LogP contribution in [0.25, 0.3) is 39.0 Å². The van der Waals surface area contributed by atoms with Crippen molar-refractivity contribution < 1.29 is 9.30 Å². The van der Waals surface area contributed by atoms with Gasteiger partial charge in [-0.2, -0.15) is 0 Å². The Balaban J connectivity index is 1.25. The van der Waals surface area contributed by atoms with Crippen molar-refractivity contribution in [3.8, 4) is 28.7 Å². The van der Waals surface area contributed by atoms with Crippen LogP contribution in [-0.2, 0) is 18.3 Å². The van der Waals surface area contributed by atoms with Gasteiger partial charge in [-0.05, 0) is 110 Å². The maximum absolute atomic E-state index is 6.61. The lowest BCUT2D eigenvalue weighted by Gasteiger charge is -2.20. The summed E-state index contributed by atoms with van der Waals surface area (Å²) in [5.41, 5.74) is 10.7. The Morgan fingerprint density at radius 3 is 2.12 bits per heavy atom. The lowest BCUT2D eigenvalue weighted by atomic mass is 9.88. The van der Waals surface area contributed by atoms with Gasteiger partial charge in [0.2, 0.25) is 0 Å². The first kappa shape index (κ1) is 34.3. The molecule has 4 aromatic carbocycles. The van der Waals surface area contributed by atoms with Crippen molar-refractivity contribution in [3.63, 3.8) is 0 Å². The number of pyridine rings is 1. The van der Waals surface area contributed by atoms with E-state index in [1.54, 1.807) is 0 Å². The monoisotopic (exact) mass is 674 g/mol. The SMILES string of the molecule is Cc1c(C)[n+](-c2cc(CC(C)C)cc(CC(C)C)c2)[c-]n1-c1cccc(Oc2ccc3c4ccccc4n(-c4cc(C(C)(C)C)ccn4)c3c2)c1. The highest BCUT2D eigenvalue weighted by molar-refractivity contribution is 6.09. The molecule has 5 nitrogen and oxygen atoms in total. The summed E-state index contributed by atoms with van der Waals surface area (Å²) in [4.78, 5) is 4.84. The lowest BCUT2D eigenvalue weighted by molar-refractivity contribution is -0.606. The first-order valence-electron chi connectivity index (χ1n) is 18.3. The summed E-state index contributed by atoms with van der Waals surface area (Å²) < 4.78 is 13.2.